The van der Waals surface area contributed by atoms with Gasteiger partial charge in [-0.05, 0) is 41.4 Å². The molecule has 0 fully saturated rings. The summed E-state index contributed by atoms with van der Waals surface area (Å²) in [4.78, 5) is 16.3. The Balaban J connectivity index is 2.27. The lowest BCUT2D eigenvalue weighted by molar-refractivity contribution is 0.0985. The first-order chi connectivity index (χ1) is 9.56. The fraction of sp³-hybridized carbons (Fsp3) is 0.357. The second kappa shape index (κ2) is 6.50. The van der Waals surface area contributed by atoms with Gasteiger partial charge in [-0.2, -0.15) is 5.10 Å². The van der Waals surface area contributed by atoms with Crippen LogP contribution >= 0.6 is 27.5 Å². The minimum atomic E-state index is -0.0420. The van der Waals surface area contributed by atoms with Crippen LogP contribution in [0.25, 0.3) is 0 Å². The van der Waals surface area contributed by atoms with Gasteiger partial charge in [-0.15, -0.1) is 0 Å². The summed E-state index contributed by atoms with van der Waals surface area (Å²) >= 11 is 9.31. The minimum Gasteiger partial charge on any atom is -0.292 e. The quantitative estimate of drug-likeness (QED) is 0.767. The van der Waals surface area contributed by atoms with Gasteiger partial charge in [-0.1, -0.05) is 18.5 Å². The lowest BCUT2D eigenvalue weighted by atomic mass is 10.1. The van der Waals surface area contributed by atoms with Crippen molar-refractivity contribution in [2.75, 3.05) is 0 Å². The van der Waals surface area contributed by atoms with Crippen molar-refractivity contribution in [3.8, 4) is 0 Å². The SMILES string of the molecule is CCc1nn(CC)c(CC(=O)c2ccc(Cl)cn2)c1Br. The zero-order valence-corrected chi connectivity index (χ0v) is 13.7. The highest BCUT2D eigenvalue weighted by Gasteiger charge is 2.18. The predicted octanol–water partition coefficient (Wildman–Crippen LogP) is 3.70. The second-order valence-corrected chi connectivity index (χ2v) is 5.57. The number of rotatable bonds is 5. The average molecular weight is 357 g/mol. The largest absolute Gasteiger partial charge is 0.292 e. The van der Waals surface area contributed by atoms with Crippen molar-refractivity contribution in [2.24, 2.45) is 0 Å². The van der Waals surface area contributed by atoms with Crippen molar-refractivity contribution in [3.05, 3.63) is 44.9 Å². The van der Waals surface area contributed by atoms with E-state index in [-0.39, 0.29) is 12.2 Å². The minimum absolute atomic E-state index is 0.0420. The van der Waals surface area contributed by atoms with E-state index in [9.17, 15) is 4.79 Å². The standard InChI is InChI=1S/C14H15BrClN3O/c1-3-10-14(15)12(19(4-2)18-10)7-13(20)11-6-5-9(16)8-17-11/h5-6,8H,3-4,7H2,1-2H3. The number of carbonyl (C=O) groups excluding carboxylic acids is 1. The first-order valence-electron chi connectivity index (χ1n) is 6.45. The third kappa shape index (κ3) is 3.10. The molecule has 2 rings (SSSR count). The summed E-state index contributed by atoms with van der Waals surface area (Å²) in [5.74, 6) is -0.0420. The fourth-order valence-electron chi connectivity index (χ4n) is 1.97. The Kier molecular flexibility index (Phi) is 4.94. The van der Waals surface area contributed by atoms with Crippen molar-refractivity contribution in [1.82, 2.24) is 14.8 Å². The monoisotopic (exact) mass is 355 g/mol. The fourth-order valence-corrected chi connectivity index (χ4v) is 2.79. The third-order valence-corrected chi connectivity index (χ3v) is 4.17. The molecule has 0 aliphatic heterocycles. The van der Waals surface area contributed by atoms with Gasteiger partial charge in [-0.3, -0.25) is 14.5 Å². The molecule has 2 aromatic rings. The normalized spacial score (nSPS) is 10.8. The molecule has 2 aromatic heterocycles. The van der Waals surface area contributed by atoms with E-state index < -0.39 is 0 Å². The Bertz CT molecular complexity index is 622. The van der Waals surface area contributed by atoms with E-state index >= 15 is 0 Å². The number of hydrogen-bond acceptors (Lipinski definition) is 3. The first kappa shape index (κ1) is 15.2. The zero-order valence-electron chi connectivity index (χ0n) is 11.4. The van der Waals surface area contributed by atoms with Gasteiger partial charge < -0.3 is 0 Å². The van der Waals surface area contributed by atoms with Crippen LogP contribution in [0.1, 0.15) is 35.7 Å². The number of Topliss-reactive ketones (excluding diaryl/α,β-unsaturated/α-hetero) is 1. The highest BCUT2D eigenvalue weighted by molar-refractivity contribution is 9.10. The molecule has 0 spiro atoms. The zero-order chi connectivity index (χ0) is 14.7. The number of nitrogens with zero attached hydrogens (tertiary/aromatic N) is 3. The Morgan fingerprint density at radius 2 is 2.15 bits per heavy atom. The van der Waals surface area contributed by atoms with Crippen LogP contribution in [0.3, 0.4) is 0 Å². The summed E-state index contributed by atoms with van der Waals surface area (Å²) in [6.07, 6.45) is 2.59. The van der Waals surface area contributed by atoms with E-state index in [1.165, 1.54) is 6.20 Å². The van der Waals surface area contributed by atoms with Crippen LogP contribution in [0.2, 0.25) is 5.02 Å². The molecule has 0 bridgehead atoms. The molecule has 0 N–H and O–H groups in total. The summed E-state index contributed by atoms with van der Waals surface area (Å²) < 4.78 is 2.78. The van der Waals surface area contributed by atoms with Gasteiger partial charge in [0, 0.05) is 12.7 Å². The molecule has 106 valence electrons. The molecule has 0 saturated heterocycles. The molecular formula is C14H15BrClN3O. The van der Waals surface area contributed by atoms with E-state index in [0.29, 0.717) is 10.7 Å². The van der Waals surface area contributed by atoms with E-state index in [0.717, 1.165) is 28.8 Å². The number of halogens is 2. The summed E-state index contributed by atoms with van der Waals surface area (Å²) in [6.45, 7) is 4.78. The average Bonchev–Trinajstić information content (AvgIpc) is 2.76. The van der Waals surface area contributed by atoms with E-state index in [1.807, 2.05) is 18.5 Å². The number of pyridine rings is 1. The lowest BCUT2D eigenvalue weighted by Crippen LogP contribution is -2.11. The smallest absolute Gasteiger partial charge is 0.187 e. The predicted molar refractivity (Wildman–Crippen MR) is 82.3 cm³/mol. The molecule has 0 unspecified atom stereocenters. The Morgan fingerprint density at radius 3 is 2.70 bits per heavy atom. The molecule has 0 saturated carbocycles. The van der Waals surface area contributed by atoms with Crippen LogP contribution in [0.4, 0.5) is 0 Å². The maximum Gasteiger partial charge on any atom is 0.187 e. The number of aryl methyl sites for hydroxylation is 2. The maximum absolute atomic E-state index is 12.3. The van der Waals surface area contributed by atoms with Gasteiger partial charge in [0.1, 0.15) is 5.69 Å². The topological polar surface area (TPSA) is 47.8 Å². The summed E-state index contributed by atoms with van der Waals surface area (Å²) in [5, 5.41) is 5.01. The Hall–Kier alpha value is -1.20. The molecule has 4 nitrogen and oxygen atoms in total. The van der Waals surface area contributed by atoms with Crippen LogP contribution in [0.5, 0.6) is 0 Å². The van der Waals surface area contributed by atoms with Gasteiger partial charge in [0.15, 0.2) is 5.78 Å². The van der Waals surface area contributed by atoms with E-state index in [2.05, 4.69) is 26.0 Å². The Labute approximate surface area is 131 Å². The van der Waals surface area contributed by atoms with Gasteiger partial charge in [-0.25, -0.2) is 0 Å². The number of hydrogen-bond donors (Lipinski definition) is 0. The van der Waals surface area contributed by atoms with Gasteiger partial charge in [0.2, 0.25) is 0 Å². The number of aromatic nitrogens is 3. The molecule has 0 radical (unpaired) electrons. The molecule has 0 aliphatic carbocycles. The molecular weight excluding hydrogens is 342 g/mol. The van der Waals surface area contributed by atoms with Gasteiger partial charge >= 0.3 is 0 Å². The van der Waals surface area contributed by atoms with Gasteiger partial charge in [0.25, 0.3) is 0 Å². The highest BCUT2D eigenvalue weighted by Crippen LogP contribution is 2.23. The third-order valence-electron chi connectivity index (χ3n) is 3.04. The number of ketones is 1. The van der Waals surface area contributed by atoms with Crippen LogP contribution in [-0.2, 0) is 19.4 Å². The molecule has 0 aliphatic rings. The maximum atomic E-state index is 12.3. The molecule has 0 amide bonds. The van der Waals surface area contributed by atoms with E-state index in [1.54, 1.807) is 12.1 Å². The van der Waals surface area contributed by atoms with Crippen LogP contribution < -0.4 is 0 Å². The Morgan fingerprint density at radius 1 is 1.40 bits per heavy atom. The molecule has 6 heteroatoms. The second-order valence-electron chi connectivity index (χ2n) is 4.34. The molecule has 0 aromatic carbocycles. The first-order valence-corrected chi connectivity index (χ1v) is 7.62. The van der Waals surface area contributed by atoms with Crippen LogP contribution in [0.15, 0.2) is 22.8 Å². The van der Waals surface area contributed by atoms with Crippen molar-refractivity contribution in [2.45, 2.75) is 33.2 Å². The highest BCUT2D eigenvalue weighted by atomic mass is 79.9. The van der Waals surface area contributed by atoms with Crippen molar-refractivity contribution in [3.63, 3.8) is 0 Å². The summed E-state index contributed by atoms with van der Waals surface area (Å²) in [6, 6.07) is 3.32. The van der Waals surface area contributed by atoms with Gasteiger partial charge in [0.05, 0.1) is 27.3 Å². The number of carbonyl (C=O) groups is 1. The molecule has 2 heterocycles. The van der Waals surface area contributed by atoms with Crippen molar-refractivity contribution >= 4 is 33.3 Å². The molecule has 20 heavy (non-hydrogen) atoms. The van der Waals surface area contributed by atoms with Crippen LogP contribution in [-0.4, -0.2) is 20.5 Å². The summed E-state index contributed by atoms with van der Waals surface area (Å²) in [7, 11) is 0. The van der Waals surface area contributed by atoms with E-state index in [4.69, 9.17) is 11.6 Å². The van der Waals surface area contributed by atoms with Crippen LogP contribution in [0, 0.1) is 0 Å². The summed E-state index contributed by atoms with van der Waals surface area (Å²) in [5.41, 5.74) is 2.29. The molecule has 0 atom stereocenters. The van der Waals surface area contributed by atoms with Crippen molar-refractivity contribution < 1.29 is 4.79 Å². The lowest BCUT2D eigenvalue weighted by Gasteiger charge is -2.04. The van der Waals surface area contributed by atoms with Crippen molar-refractivity contribution in [1.29, 1.82) is 0 Å².